The summed E-state index contributed by atoms with van der Waals surface area (Å²) in [5.74, 6) is 2.28. The van der Waals surface area contributed by atoms with Gasteiger partial charge in [0.2, 0.25) is 0 Å². The lowest BCUT2D eigenvalue weighted by atomic mass is 10.1. The van der Waals surface area contributed by atoms with Gasteiger partial charge < -0.3 is 19.9 Å². The Balaban J connectivity index is 1.63. The van der Waals surface area contributed by atoms with Gasteiger partial charge in [0.1, 0.15) is 11.6 Å². The summed E-state index contributed by atoms with van der Waals surface area (Å²) in [6, 6.07) is 9.32. The molecule has 1 aromatic carbocycles. The van der Waals surface area contributed by atoms with Crippen LogP contribution in [0.4, 0.5) is 11.6 Å². The minimum Gasteiger partial charge on any atom is -0.497 e. The van der Waals surface area contributed by atoms with Gasteiger partial charge in [0.25, 0.3) is 5.91 Å². The number of benzene rings is 1. The third-order valence-electron chi connectivity index (χ3n) is 4.30. The molecule has 0 atom stereocenters. The van der Waals surface area contributed by atoms with E-state index in [4.69, 9.17) is 4.74 Å². The van der Waals surface area contributed by atoms with Crippen LogP contribution in [0.1, 0.15) is 17.3 Å². The highest BCUT2D eigenvalue weighted by Crippen LogP contribution is 2.24. The summed E-state index contributed by atoms with van der Waals surface area (Å²) in [6.07, 6.45) is 0. The van der Waals surface area contributed by atoms with E-state index in [9.17, 15) is 4.79 Å². The summed E-state index contributed by atoms with van der Waals surface area (Å²) in [5, 5.41) is 11.6. The Hall–Kier alpha value is -2.35. The number of hydrogen-bond acceptors (Lipinski definition) is 6. The van der Waals surface area contributed by atoms with Gasteiger partial charge in [-0.15, -0.1) is 10.2 Å². The van der Waals surface area contributed by atoms with Crippen molar-refractivity contribution in [2.75, 3.05) is 50.1 Å². The molecular formula is C18H22BrN5O2. The number of carbonyl (C=O) groups is 1. The molecule has 1 fully saturated rings. The van der Waals surface area contributed by atoms with Crippen LogP contribution in [-0.2, 0) is 0 Å². The molecule has 2 aromatic rings. The molecule has 1 aliphatic rings. The highest BCUT2D eigenvalue weighted by molar-refractivity contribution is 9.10. The first-order valence-electron chi connectivity index (χ1n) is 8.57. The van der Waals surface area contributed by atoms with Gasteiger partial charge in [-0.1, -0.05) is 0 Å². The lowest BCUT2D eigenvalue weighted by molar-refractivity contribution is 0.0745. The van der Waals surface area contributed by atoms with Crippen molar-refractivity contribution in [1.29, 1.82) is 0 Å². The molecule has 0 spiro atoms. The first kappa shape index (κ1) is 18.4. The number of piperazine rings is 1. The van der Waals surface area contributed by atoms with Crippen molar-refractivity contribution in [1.82, 2.24) is 15.1 Å². The molecule has 0 bridgehead atoms. The molecule has 1 aliphatic heterocycles. The zero-order chi connectivity index (χ0) is 18.5. The molecule has 7 nitrogen and oxygen atoms in total. The first-order valence-corrected chi connectivity index (χ1v) is 9.37. The Morgan fingerprint density at radius 2 is 1.96 bits per heavy atom. The van der Waals surface area contributed by atoms with E-state index in [1.165, 1.54) is 0 Å². The summed E-state index contributed by atoms with van der Waals surface area (Å²) in [6.45, 7) is 5.56. The summed E-state index contributed by atoms with van der Waals surface area (Å²) >= 11 is 3.46. The first-order chi connectivity index (χ1) is 12.6. The van der Waals surface area contributed by atoms with Crippen LogP contribution in [0, 0.1) is 0 Å². The van der Waals surface area contributed by atoms with E-state index >= 15 is 0 Å². The van der Waals surface area contributed by atoms with Gasteiger partial charge in [-0.2, -0.15) is 0 Å². The van der Waals surface area contributed by atoms with E-state index in [0.29, 0.717) is 24.4 Å². The van der Waals surface area contributed by atoms with Crippen LogP contribution in [0.2, 0.25) is 0 Å². The number of nitrogens with zero attached hydrogens (tertiary/aromatic N) is 4. The van der Waals surface area contributed by atoms with Crippen LogP contribution in [0.3, 0.4) is 0 Å². The summed E-state index contributed by atoms with van der Waals surface area (Å²) < 4.78 is 6.00. The zero-order valence-corrected chi connectivity index (χ0v) is 16.5. The van der Waals surface area contributed by atoms with Crippen molar-refractivity contribution < 1.29 is 9.53 Å². The van der Waals surface area contributed by atoms with Gasteiger partial charge in [0.05, 0.1) is 12.7 Å². The smallest absolute Gasteiger partial charge is 0.255 e. The fraction of sp³-hybridized carbons (Fsp3) is 0.389. The van der Waals surface area contributed by atoms with Crippen molar-refractivity contribution in [3.63, 3.8) is 0 Å². The fourth-order valence-corrected chi connectivity index (χ4v) is 3.29. The van der Waals surface area contributed by atoms with Crippen LogP contribution >= 0.6 is 15.9 Å². The van der Waals surface area contributed by atoms with E-state index in [1.807, 2.05) is 36.1 Å². The van der Waals surface area contributed by atoms with Gasteiger partial charge in [-0.25, -0.2) is 0 Å². The number of amides is 1. The number of anilines is 2. The molecule has 0 unspecified atom stereocenters. The minimum atomic E-state index is 0.00371. The number of aromatic nitrogens is 2. The number of rotatable bonds is 5. The number of carbonyl (C=O) groups excluding carboxylic acids is 1. The average molecular weight is 420 g/mol. The van der Waals surface area contributed by atoms with Crippen LogP contribution in [0.5, 0.6) is 5.75 Å². The second-order valence-electron chi connectivity index (χ2n) is 5.93. The normalized spacial score (nSPS) is 14.3. The van der Waals surface area contributed by atoms with E-state index in [-0.39, 0.29) is 5.91 Å². The topological polar surface area (TPSA) is 70.6 Å². The molecule has 3 rings (SSSR count). The number of ether oxygens (including phenoxy) is 1. The largest absolute Gasteiger partial charge is 0.497 e. The monoisotopic (exact) mass is 419 g/mol. The maximum atomic E-state index is 12.8. The lowest BCUT2D eigenvalue weighted by Gasteiger charge is -2.35. The van der Waals surface area contributed by atoms with E-state index < -0.39 is 0 Å². The SMILES string of the molecule is CCNc1ccc(N2CCN(C(=O)c3cc(OC)ccc3Br)CC2)nn1. The van der Waals surface area contributed by atoms with Crippen molar-refractivity contribution in [3.05, 3.63) is 40.4 Å². The zero-order valence-electron chi connectivity index (χ0n) is 14.9. The minimum absolute atomic E-state index is 0.00371. The highest BCUT2D eigenvalue weighted by atomic mass is 79.9. The number of nitrogens with one attached hydrogen (secondary N) is 1. The molecule has 0 aliphatic carbocycles. The number of hydrogen-bond donors (Lipinski definition) is 1. The molecule has 2 heterocycles. The number of halogens is 1. The van der Waals surface area contributed by atoms with Crippen molar-refractivity contribution in [3.8, 4) is 5.75 Å². The van der Waals surface area contributed by atoms with Crippen molar-refractivity contribution >= 4 is 33.5 Å². The van der Waals surface area contributed by atoms with Crippen LogP contribution in [0.25, 0.3) is 0 Å². The van der Waals surface area contributed by atoms with Gasteiger partial charge >= 0.3 is 0 Å². The molecule has 1 aromatic heterocycles. The lowest BCUT2D eigenvalue weighted by Crippen LogP contribution is -2.49. The second kappa shape index (κ2) is 8.35. The average Bonchev–Trinajstić information content (AvgIpc) is 2.69. The van der Waals surface area contributed by atoms with E-state index in [2.05, 4.69) is 36.3 Å². The molecular weight excluding hydrogens is 398 g/mol. The third kappa shape index (κ3) is 4.07. The van der Waals surface area contributed by atoms with Gasteiger partial charge in [0, 0.05) is 37.2 Å². The van der Waals surface area contributed by atoms with Crippen molar-refractivity contribution in [2.45, 2.75) is 6.92 Å². The Morgan fingerprint density at radius 3 is 2.58 bits per heavy atom. The van der Waals surface area contributed by atoms with Gasteiger partial charge in [0.15, 0.2) is 5.82 Å². The third-order valence-corrected chi connectivity index (χ3v) is 4.99. The Kier molecular flexibility index (Phi) is 5.92. The standard InChI is InChI=1S/C18H22BrN5O2/c1-3-20-16-6-7-17(22-21-16)23-8-10-24(11-9-23)18(25)14-12-13(26-2)4-5-15(14)19/h4-7,12H,3,8-11H2,1-2H3,(H,20,21). The predicted octanol–water partition coefficient (Wildman–Crippen LogP) is 2.64. The highest BCUT2D eigenvalue weighted by Gasteiger charge is 2.24. The Morgan fingerprint density at radius 1 is 1.19 bits per heavy atom. The second-order valence-corrected chi connectivity index (χ2v) is 6.79. The number of methoxy groups -OCH3 is 1. The molecule has 0 radical (unpaired) electrons. The van der Waals surface area contributed by atoms with Gasteiger partial charge in [-0.05, 0) is 53.2 Å². The summed E-state index contributed by atoms with van der Waals surface area (Å²) in [5.41, 5.74) is 0.618. The van der Waals surface area contributed by atoms with Crippen LogP contribution < -0.4 is 15.0 Å². The Bertz CT molecular complexity index is 761. The molecule has 1 amide bonds. The van der Waals surface area contributed by atoms with Gasteiger partial charge in [-0.3, -0.25) is 4.79 Å². The summed E-state index contributed by atoms with van der Waals surface area (Å²) in [7, 11) is 1.60. The van der Waals surface area contributed by atoms with E-state index in [1.54, 1.807) is 13.2 Å². The maximum absolute atomic E-state index is 12.8. The molecule has 1 saturated heterocycles. The quantitative estimate of drug-likeness (QED) is 0.802. The van der Waals surface area contributed by atoms with E-state index in [0.717, 1.165) is 35.7 Å². The van der Waals surface area contributed by atoms with Crippen LogP contribution in [0.15, 0.2) is 34.8 Å². The Labute approximate surface area is 161 Å². The van der Waals surface area contributed by atoms with Crippen LogP contribution in [-0.4, -0.2) is 60.8 Å². The van der Waals surface area contributed by atoms with Crippen molar-refractivity contribution in [2.24, 2.45) is 0 Å². The molecule has 8 heteroatoms. The fourth-order valence-electron chi connectivity index (χ4n) is 2.87. The predicted molar refractivity (Wildman–Crippen MR) is 105 cm³/mol. The summed E-state index contributed by atoms with van der Waals surface area (Å²) in [4.78, 5) is 16.8. The molecule has 1 N–H and O–H groups in total. The maximum Gasteiger partial charge on any atom is 0.255 e. The molecule has 138 valence electrons. The molecule has 0 saturated carbocycles. The molecule has 26 heavy (non-hydrogen) atoms.